The van der Waals surface area contributed by atoms with Crippen LogP contribution in [0.1, 0.15) is 5.69 Å². The SMILES string of the molecule is Cc1nc2ccc(Cl)cc2c2sc3ccccc3c(=O)c12. The van der Waals surface area contributed by atoms with Crippen molar-refractivity contribution < 1.29 is 0 Å². The van der Waals surface area contributed by atoms with Gasteiger partial charge in [0.15, 0.2) is 5.43 Å². The van der Waals surface area contributed by atoms with Crippen molar-refractivity contribution in [3.8, 4) is 0 Å². The number of rotatable bonds is 0. The van der Waals surface area contributed by atoms with Gasteiger partial charge >= 0.3 is 0 Å². The van der Waals surface area contributed by atoms with E-state index in [9.17, 15) is 4.79 Å². The normalized spacial score (nSPS) is 11.5. The van der Waals surface area contributed by atoms with Crippen LogP contribution in [0.2, 0.25) is 5.02 Å². The summed E-state index contributed by atoms with van der Waals surface area (Å²) in [7, 11) is 0. The molecule has 0 amide bonds. The summed E-state index contributed by atoms with van der Waals surface area (Å²) in [5.41, 5.74) is 1.69. The summed E-state index contributed by atoms with van der Waals surface area (Å²) in [6, 6.07) is 13.3. The Balaban J connectivity index is 2.37. The molecule has 2 aromatic heterocycles. The third-order valence-corrected chi connectivity index (χ3v) is 5.09. The molecule has 0 N–H and O–H groups in total. The largest absolute Gasteiger partial charge is 0.288 e. The molecule has 4 aromatic rings. The lowest BCUT2D eigenvalue weighted by atomic mass is 10.1. The molecule has 2 aromatic carbocycles. The van der Waals surface area contributed by atoms with Crippen LogP contribution >= 0.6 is 22.9 Å². The van der Waals surface area contributed by atoms with Crippen molar-refractivity contribution in [3.63, 3.8) is 0 Å². The fourth-order valence-corrected chi connectivity index (χ4v) is 4.11. The highest BCUT2D eigenvalue weighted by atomic mass is 35.5. The van der Waals surface area contributed by atoms with Crippen molar-refractivity contribution in [2.75, 3.05) is 0 Å². The Morgan fingerprint density at radius 2 is 1.90 bits per heavy atom. The number of aryl methyl sites for hydroxylation is 1. The Kier molecular flexibility index (Phi) is 2.74. The predicted octanol–water partition coefficient (Wildman–Crippen LogP) is 4.92. The van der Waals surface area contributed by atoms with Crippen molar-refractivity contribution in [1.82, 2.24) is 4.98 Å². The smallest absolute Gasteiger partial charge is 0.197 e. The zero-order valence-corrected chi connectivity index (χ0v) is 12.8. The molecule has 0 aliphatic heterocycles. The molecule has 0 saturated carbocycles. The first-order valence-electron chi connectivity index (χ1n) is 6.56. The van der Waals surface area contributed by atoms with E-state index >= 15 is 0 Å². The molecule has 0 aliphatic carbocycles. The van der Waals surface area contributed by atoms with E-state index in [1.54, 1.807) is 11.3 Å². The van der Waals surface area contributed by atoms with Crippen LogP contribution in [0, 0.1) is 6.92 Å². The summed E-state index contributed by atoms with van der Waals surface area (Å²) < 4.78 is 1.95. The molecular weight excluding hydrogens is 302 g/mol. The van der Waals surface area contributed by atoms with E-state index in [0.29, 0.717) is 10.4 Å². The second-order valence-electron chi connectivity index (χ2n) is 4.99. The van der Waals surface area contributed by atoms with Gasteiger partial charge in [0.05, 0.1) is 21.3 Å². The lowest BCUT2D eigenvalue weighted by Gasteiger charge is -2.07. The molecule has 0 unspecified atom stereocenters. The molecule has 0 saturated heterocycles. The maximum Gasteiger partial charge on any atom is 0.197 e. The minimum Gasteiger partial charge on any atom is -0.288 e. The lowest BCUT2D eigenvalue weighted by molar-refractivity contribution is 1.29. The third-order valence-electron chi connectivity index (χ3n) is 3.65. The number of aromatic nitrogens is 1. The highest BCUT2D eigenvalue weighted by molar-refractivity contribution is 7.25. The second kappa shape index (κ2) is 4.52. The Labute approximate surface area is 129 Å². The van der Waals surface area contributed by atoms with Crippen LogP contribution in [0.15, 0.2) is 47.3 Å². The van der Waals surface area contributed by atoms with Crippen molar-refractivity contribution in [2.45, 2.75) is 6.92 Å². The summed E-state index contributed by atoms with van der Waals surface area (Å²) >= 11 is 7.73. The highest BCUT2D eigenvalue weighted by Crippen LogP contribution is 2.32. The van der Waals surface area contributed by atoms with Gasteiger partial charge in [0.25, 0.3) is 0 Å². The molecule has 0 atom stereocenters. The maximum absolute atomic E-state index is 12.8. The Hall–Kier alpha value is -1.97. The minimum atomic E-state index is 0.0474. The van der Waals surface area contributed by atoms with Gasteiger partial charge < -0.3 is 0 Å². The van der Waals surface area contributed by atoms with Crippen molar-refractivity contribution in [2.24, 2.45) is 0 Å². The Morgan fingerprint density at radius 1 is 1.10 bits per heavy atom. The highest BCUT2D eigenvalue weighted by Gasteiger charge is 2.12. The molecule has 2 nitrogen and oxygen atoms in total. The first-order chi connectivity index (χ1) is 10.1. The number of hydrogen-bond acceptors (Lipinski definition) is 3. The third kappa shape index (κ3) is 1.85. The summed E-state index contributed by atoms with van der Waals surface area (Å²) in [6.07, 6.45) is 0. The van der Waals surface area contributed by atoms with E-state index in [-0.39, 0.29) is 5.43 Å². The molecule has 4 rings (SSSR count). The van der Waals surface area contributed by atoms with Gasteiger partial charge in [-0.3, -0.25) is 9.78 Å². The Morgan fingerprint density at radius 3 is 2.76 bits per heavy atom. The number of fused-ring (bicyclic) bond motifs is 4. The standard InChI is InChI=1S/C17H10ClNOS/c1-9-15-16(20)11-4-2-3-5-14(11)21-17(15)12-8-10(18)6-7-13(12)19-9/h2-8H,1H3. The lowest BCUT2D eigenvalue weighted by Crippen LogP contribution is -2.04. The monoisotopic (exact) mass is 311 g/mol. The van der Waals surface area contributed by atoms with Crippen LogP contribution in [0.5, 0.6) is 0 Å². The van der Waals surface area contributed by atoms with Gasteiger partial charge in [-0.05, 0) is 37.3 Å². The van der Waals surface area contributed by atoms with Gasteiger partial charge in [-0.15, -0.1) is 11.3 Å². The summed E-state index contributed by atoms with van der Waals surface area (Å²) in [5.74, 6) is 0. The zero-order valence-electron chi connectivity index (χ0n) is 11.2. The van der Waals surface area contributed by atoms with E-state index in [2.05, 4.69) is 4.98 Å². The number of halogens is 1. The fraction of sp³-hybridized carbons (Fsp3) is 0.0588. The second-order valence-corrected chi connectivity index (χ2v) is 6.48. The van der Waals surface area contributed by atoms with Crippen LogP contribution < -0.4 is 5.43 Å². The Bertz CT molecular complexity index is 1080. The number of pyridine rings is 1. The average molecular weight is 312 g/mol. The molecule has 102 valence electrons. The molecule has 0 fully saturated rings. The summed E-state index contributed by atoms with van der Waals surface area (Å²) in [6.45, 7) is 1.89. The van der Waals surface area contributed by atoms with Crippen LogP contribution in [0.4, 0.5) is 0 Å². The molecule has 0 bridgehead atoms. The zero-order chi connectivity index (χ0) is 14.6. The fourth-order valence-electron chi connectivity index (χ4n) is 2.68. The van der Waals surface area contributed by atoms with Crippen LogP contribution in [0.25, 0.3) is 31.1 Å². The van der Waals surface area contributed by atoms with Gasteiger partial charge in [-0.25, -0.2) is 0 Å². The molecule has 21 heavy (non-hydrogen) atoms. The van der Waals surface area contributed by atoms with Crippen molar-refractivity contribution in [3.05, 3.63) is 63.4 Å². The molecule has 4 heteroatoms. The van der Waals surface area contributed by atoms with Crippen molar-refractivity contribution in [1.29, 1.82) is 0 Å². The van der Waals surface area contributed by atoms with E-state index in [4.69, 9.17) is 11.6 Å². The topological polar surface area (TPSA) is 30.0 Å². The molecule has 0 spiro atoms. The average Bonchev–Trinajstić information content (AvgIpc) is 2.48. The van der Waals surface area contributed by atoms with Crippen LogP contribution in [0.3, 0.4) is 0 Å². The van der Waals surface area contributed by atoms with E-state index < -0.39 is 0 Å². The summed E-state index contributed by atoms with van der Waals surface area (Å²) in [5, 5.41) is 3.05. The minimum absolute atomic E-state index is 0.0474. The quantitative estimate of drug-likeness (QED) is 0.340. The number of nitrogens with zero attached hydrogens (tertiary/aromatic N) is 1. The first-order valence-corrected chi connectivity index (χ1v) is 7.76. The van der Waals surface area contributed by atoms with Crippen molar-refractivity contribution >= 4 is 54.0 Å². The van der Waals surface area contributed by atoms with E-state index in [1.165, 1.54) is 0 Å². The molecule has 2 heterocycles. The van der Waals surface area contributed by atoms with Gasteiger partial charge in [0, 0.05) is 20.5 Å². The predicted molar refractivity (Wildman–Crippen MR) is 90.6 cm³/mol. The van der Waals surface area contributed by atoms with Crippen LogP contribution in [-0.4, -0.2) is 4.98 Å². The first kappa shape index (κ1) is 12.7. The molecular formula is C17H10ClNOS. The maximum atomic E-state index is 12.8. The van der Waals surface area contributed by atoms with Gasteiger partial charge in [0.1, 0.15) is 0 Å². The number of benzene rings is 2. The van der Waals surface area contributed by atoms with Crippen LogP contribution in [-0.2, 0) is 0 Å². The molecule has 0 aliphatic rings. The van der Waals surface area contributed by atoms with E-state index in [1.807, 2.05) is 49.4 Å². The number of hydrogen-bond donors (Lipinski definition) is 0. The van der Waals surface area contributed by atoms with Gasteiger partial charge in [-0.1, -0.05) is 23.7 Å². The van der Waals surface area contributed by atoms with Gasteiger partial charge in [-0.2, -0.15) is 0 Å². The van der Waals surface area contributed by atoms with E-state index in [0.717, 1.165) is 31.4 Å². The summed E-state index contributed by atoms with van der Waals surface area (Å²) in [4.78, 5) is 17.3. The molecule has 0 radical (unpaired) electrons. The van der Waals surface area contributed by atoms with Gasteiger partial charge in [0.2, 0.25) is 0 Å².